The number of hydrogen-bond acceptors (Lipinski definition) is 4. The fourth-order valence-corrected chi connectivity index (χ4v) is 2.91. The van der Waals surface area contributed by atoms with E-state index in [2.05, 4.69) is 5.32 Å². The number of thioether (sulfide) groups is 1. The number of carbonyl (C=O) groups is 2. The second-order valence-electron chi connectivity index (χ2n) is 4.97. The van der Waals surface area contributed by atoms with Gasteiger partial charge in [-0.15, -0.1) is 11.8 Å². The number of rotatable bonds is 8. The lowest BCUT2D eigenvalue weighted by Crippen LogP contribution is -2.15. The monoisotopic (exact) mass is 399 g/mol. The van der Waals surface area contributed by atoms with E-state index in [-0.39, 0.29) is 22.4 Å². The van der Waals surface area contributed by atoms with Gasteiger partial charge in [-0.25, -0.2) is 0 Å². The quantitative estimate of drug-likeness (QED) is 0.690. The average Bonchev–Trinajstić information content (AvgIpc) is 2.57. The van der Waals surface area contributed by atoms with Crippen LogP contribution in [-0.4, -0.2) is 28.5 Å². The van der Waals surface area contributed by atoms with E-state index in [0.717, 1.165) is 17.3 Å². The summed E-state index contributed by atoms with van der Waals surface area (Å²) in [5.41, 5.74) is 1.33. The molecule has 0 aliphatic rings. The second-order valence-corrected chi connectivity index (χ2v) is 6.77. The van der Waals surface area contributed by atoms with Crippen LogP contribution in [0.15, 0.2) is 42.5 Å². The van der Waals surface area contributed by atoms with Gasteiger partial charge in [0.2, 0.25) is 5.91 Å². The standard InChI is InChI=1S/C17H15Cl2NO4S/c18-12-6-13(19)15(24-8-11-4-2-1-3-5-11)7-14(12)20-16(21)9-25-10-17(22)23/h1-7H,8-10H2,(H,20,21)(H,22,23). The van der Waals surface area contributed by atoms with E-state index >= 15 is 0 Å². The smallest absolute Gasteiger partial charge is 0.313 e. The Labute approximate surface area is 159 Å². The molecule has 0 aliphatic heterocycles. The van der Waals surface area contributed by atoms with Gasteiger partial charge < -0.3 is 15.2 Å². The Kier molecular flexibility index (Phi) is 7.43. The number of ether oxygens (including phenoxy) is 1. The third kappa shape index (κ3) is 6.49. The summed E-state index contributed by atoms with van der Waals surface area (Å²) in [5, 5.41) is 11.8. The van der Waals surface area contributed by atoms with Crippen molar-refractivity contribution < 1.29 is 19.4 Å². The first-order chi connectivity index (χ1) is 12.0. The van der Waals surface area contributed by atoms with Crippen molar-refractivity contribution in [2.75, 3.05) is 16.8 Å². The van der Waals surface area contributed by atoms with Crippen LogP contribution in [0.3, 0.4) is 0 Å². The van der Waals surface area contributed by atoms with Crippen LogP contribution in [0.2, 0.25) is 10.0 Å². The lowest BCUT2D eigenvalue weighted by atomic mass is 10.2. The van der Waals surface area contributed by atoms with Gasteiger partial charge >= 0.3 is 5.97 Å². The predicted molar refractivity (Wildman–Crippen MR) is 101 cm³/mol. The van der Waals surface area contributed by atoms with E-state index in [9.17, 15) is 9.59 Å². The van der Waals surface area contributed by atoms with E-state index in [0.29, 0.717) is 23.1 Å². The van der Waals surface area contributed by atoms with Crippen molar-refractivity contribution in [1.82, 2.24) is 0 Å². The zero-order chi connectivity index (χ0) is 18.2. The maximum absolute atomic E-state index is 11.9. The van der Waals surface area contributed by atoms with Gasteiger partial charge in [0, 0.05) is 6.07 Å². The Morgan fingerprint density at radius 1 is 1.08 bits per heavy atom. The Balaban J connectivity index is 2.01. The van der Waals surface area contributed by atoms with Crippen molar-refractivity contribution in [1.29, 1.82) is 0 Å². The van der Waals surface area contributed by atoms with Gasteiger partial charge in [-0.3, -0.25) is 9.59 Å². The Morgan fingerprint density at radius 2 is 1.80 bits per heavy atom. The minimum atomic E-state index is -0.973. The summed E-state index contributed by atoms with van der Waals surface area (Å²) in [6, 6.07) is 12.6. The van der Waals surface area contributed by atoms with Crippen LogP contribution in [0.1, 0.15) is 5.56 Å². The molecule has 0 radical (unpaired) electrons. The van der Waals surface area contributed by atoms with Gasteiger partial charge in [0.15, 0.2) is 0 Å². The average molecular weight is 400 g/mol. The molecule has 0 saturated heterocycles. The molecule has 2 aromatic rings. The molecule has 0 bridgehead atoms. The number of nitrogens with one attached hydrogen (secondary N) is 1. The minimum absolute atomic E-state index is 0.00542. The van der Waals surface area contributed by atoms with Crippen molar-refractivity contribution in [3.63, 3.8) is 0 Å². The number of carboxylic acid groups (broad SMARTS) is 1. The van der Waals surface area contributed by atoms with E-state index in [4.69, 9.17) is 33.0 Å². The number of anilines is 1. The highest BCUT2D eigenvalue weighted by molar-refractivity contribution is 8.00. The summed E-state index contributed by atoms with van der Waals surface area (Å²) in [4.78, 5) is 22.3. The molecule has 0 aliphatic carbocycles. The summed E-state index contributed by atoms with van der Waals surface area (Å²) in [7, 11) is 0. The van der Waals surface area contributed by atoms with Crippen molar-refractivity contribution in [2.24, 2.45) is 0 Å². The first-order valence-corrected chi connectivity index (χ1v) is 9.12. The van der Waals surface area contributed by atoms with Crippen molar-refractivity contribution >= 4 is 52.5 Å². The molecule has 25 heavy (non-hydrogen) atoms. The molecule has 132 valence electrons. The van der Waals surface area contributed by atoms with Crippen molar-refractivity contribution in [3.8, 4) is 5.75 Å². The molecule has 2 N–H and O–H groups in total. The van der Waals surface area contributed by atoms with Crippen LogP contribution in [0.4, 0.5) is 5.69 Å². The molecule has 5 nitrogen and oxygen atoms in total. The normalized spacial score (nSPS) is 10.3. The number of benzene rings is 2. The maximum Gasteiger partial charge on any atom is 0.313 e. The lowest BCUT2D eigenvalue weighted by molar-refractivity contribution is -0.133. The molecular weight excluding hydrogens is 385 g/mol. The molecule has 2 rings (SSSR count). The van der Waals surface area contributed by atoms with Crippen molar-refractivity contribution in [2.45, 2.75) is 6.61 Å². The SMILES string of the molecule is O=C(O)CSCC(=O)Nc1cc(OCc2ccccc2)c(Cl)cc1Cl. The molecule has 8 heteroatoms. The number of hydrogen-bond donors (Lipinski definition) is 2. The molecule has 0 heterocycles. The first-order valence-electron chi connectivity index (χ1n) is 7.21. The molecule has 0 fully saturated rings. The number of carbonyl (C=O) groups excluding carboxylic acids is 1. The molecule has 0 atom stereocenters. The summed E-state index contributed by atoms with van der Waals surface area (Å²) >= 11 is 13.2. The fraction of sp³-hybridized carbons (Fsp3) is 0.176. The zero-order valence-electron chi connectivity index (χ0n) is 13.0. The molecule has 0 aromatic heterocycles. The maximum atomic E-state index is 11.9. The highest BCUT2D eigenvalue weighted by atomic mass is 35.5. The molecular formula is C17H15Cl2NO4S. The van der Waals surface area contributed by atoms with Crippen LogP contribution in [0.25, 0.3) is 0 Å². The molecule has 0 unspecified atom stereocenters. The highest BCUT2D eigenvalue weighted by Gasteiger charge is 2.12. The number of aliphatic carboxylic acids is 1. The second kappa shape index (κ2) is 9.56. The fourth-order valence-electron chi connectivity index (χ4n) is 1.89. The summed E-state index contributed by atoms with van der Waals surface area (Å²) in [6.45, 7) is 0.323. The Hall–Kier alpha value is -1.89. The Bertz CT molecular complexity index is 756. The predicted octanol–water partition coefficient (Wildman–Crippen LogP) is 4.33. The van der Waals surface area contributed by atoms with Crippen LogP contribution in [0, 0.1) is 0 Å². The van der Waals surface area contributed by atoms with Crippen LogP contribution in [0.5, 0.6) is 5.75 Å². The van der Waals surface area contributed by atoms with E-state index in [1.165, 1.54) is 6.07 Å². The first kappa shape index (κ1) is 19.4. The number of amides is 1. The summed E-state index contributed by atoms with van der Waals surface area (Å²) in [5.74, 6) is -1.08. The third-order valence-corrected chi connectivity index (χ3v) is 4.52. The Morgan fingerprint density at radius 3 is 2.48 bits per heavy atom. The van der Waals surface area contributed by atoms with E-state index < -0.39 is 5.97 Å². The third-order valence-electron chi connectivity index (χ3n) is 2.99. The van der Waals surface area contributed by atoms with Crippen LogP contribution >= 0.6 is 35.0 Å². The largest absolute Gasteiger partial charge is 0.487 e. The molecule has 0 saturated carbocycles. The summed E-state index contributed by atoms with van der Waals surface area (Å²) in [6.07, 6.45) is 0. The van der Waals surface area contributed by atoms with Crippen LogP contribution in [-0.2, 0) is 16.2 Å². The molecule has 2 aromatic carbocycles. The minimum Gasteiger partial charge on any atom is -0.487 e. The van der Waals surface area contributed by atoms with Gasteiger partial charge in [0.05, 0.1) is 27.2 Å². The van der Waals surface area contributed by atoms with Gasteiger partial charge in [-0.2, -0.15) is 0 Å². The van der Waals surface area contributed by atoms with Crippen LogP contribution < -0.4 is 10.1 Å². The van der Waals surface area contributed by atoms with Gasteiger partial charge in [-0.1, -0.05) is 53.5 Å². The van der Waals surface area contributed by atoms with E-state index in [1.807, 2.05) is 30.3 Å². The van der Waals surface area contributed by atoms with Crippen molar-refractivity contribution in [3.05, 3.63) is 58.1 Å². The van der Waals surface area contributed by atoms with Gasteiger partial charge in [0.1, 0.15) is 12.4 Å². The summed E-state index contributed by atoms with van der Waals surface area (Å²) < 4.78 is 5.69. The van der Waals surface area contributed by atoms with E-state index in [1.54, 1.807) is 6.07 Å². The highest BCUT2D eigenvalue weighted by Crippen LogP contribution is 2.34. The number of carboxylic acids is 1. The topological polar surface area (TPSA) is 75.6 Å². The molecule has 1 amide bonds. The lowest BCUT2D eigenvalue weighted by Gasteiger charge is -2.12. The van der Waals surface area contributed by atoms with Gasteiger partial charge in [0.25, 0.3) is 0 Å². The zero-order valence-corrected chi connectivity index (χ0v) is 15.3. The molecule has 0 spiro atoms. The number of halogens is 2. The van der Waals surface area contributed by atoms with Gasteiger partial charge in [-0.05, 0) is 11.6 Å².